The first-order chi connectivity index (χ1) is 8.16. The number of phenolic OH excluding ortho intramolecular Hbond substituents is 1. The molecule has 0 spiro atoms. The molecule has 0 aliphatic heterocycles. The van der Waals surface area contributed by atoms with Gasteiger partial charge in [0.25, 0.3) is 0 Å². The second kappa shape index (κ2) is 5.07. The summed E-state index contributed by atoms with van der Waals surface area (Å²) in [6.45, 7) is 0. The topological polar surface area (TPSA) is 70.7 Å². The fourth-order valence-electron chi connectivity index (χ4n) is 1.06. The Balaban J connectivity index is 2.28. The van der Waals surface area contributed by atoms with Crippen LogP contribution in [0, 0.1) is 0 Å². The van der Waals surface area contributed by atoms with Gasteiger partial charge in [-0.15, -0.1) is 10.2 Å². The lowest BCUT2D eigenvalue weighted by Crippen LogP contribution is -1.74. The zero-order valence-corrected chi connectivity index (χ0v) is 9.89. The molecule has 0 fully saturated rings. The lowest BCUT2D eigenvalue weighted by molar-refractivity contribution is 0.476. The number of aromatic nitrogens is 2. The van der Waals surface area contributed by atoms with Crippen molar-refractivity contribution in [2.75, 3.05) is 0 Å². The van der Waals surface area contributed by atoms with Crippen molar-refractivity contribution in [3.05, 3.63) is 40.8 Å². The Labute approximate surface area is 107 Å². The van der Waals surface area contributed by atoms with Crippen LogP contribution in [0.25, 0.3) is 0 Å². The van der Waals surface area contributed by atoms with Gasteiger partial charge in [-0.1, -0.05) is 23.2 Å². The van der Waals surface area contributed by atoms with Gasteiger partial charge in [0, 0.05) is 12.4 Å². The molecule has 0 aliphatic rings. The van der Waals surface area contributed by atoms with Gasteiger partial charge < -0.3 is 5.11 Å². The van der Waals surface area contributed by atoms with E-state index in [-0.39, 0.29) is 15.8 Å². The highest BCUT2D eigenvalue weighted by atomic mass is 35.5. The van der Waals surface area contributed by atoms with Crippen molar-refractivity contribution >= 4 is 34.7 Å². The Bertz CT molecular complexity index is 536. The van der Waals surface area contributed by atoms with Crippen LogP contribution in [0.5, 0.6) is 5.75 Å². The molecule has 1 aromatic heterocycles. The van der Waals surface area contributed by atoms with Crippen molar-refractivity contribution in [3.63, 3.8) is 0 Å². The van der Waals surface area contributed by atoms with Gasteiger partial charge in [0.2, 0.25) is 0 Å². The second-order valence-electron chi connectivity index (χ2n) is 3.02. The Kier molecular flexibility index (Phi) is 3.51. The third-order valence-corrected chi connectivity index (χ3v) is 2.40. The van der Waals surface area contributed by atoms with Gasteiger partial charge in [-0.25, -0.2) is 4.98 Å². The minimum Gasteiger partial charge on any atom is -0.505 e. The molecular formula is C10H6Cl2N4O. The van der Waals surface area contributed by atoms with Gasteiger partial charge >= 0.3 is 0 Å². The van der Waals surface area contributed by atoms with Crippen LogP contribution in [0.2, 0.25) is 10.0 Å². The summed E-state index contributed by atoms with van der Waals surface area (Å²) in [5, 5.41) is 17.3. The number of nitrogens with zero attached hydrogens (tertiary/aromatic N) is 4. The average Bonchev–Trinajstić information content (AvgIpc) is 2.34. The molecule has 1 N–H and O–H groups in total. The average molecular weight is 269 g/mol. The second-order valence-corrected chi connectivity index (χ2v) is 3.84. The molecule has 0 unspecified atom stereocenters. The van der Waals surface area contributed by atoms with Gasteiger partial charge in [0.1, 0.15) is 0 Å². The monoisotopic (exact) mass is 268 g/mol. The van der Waals surface area contributed by atoms with E-state index >= 15 is 0 Å². The van der Waals surface area contributed by atoms with Crippen molar-refractivity contribution in [2.24, 2.45) is 10.2 Å². The SMILES string of the molecule is Oc1c(Cl)cc(N=Nc2cnccn2)cc1Cl. The van der Waals surface area contributed by atoms with Gasteiger partial charge in [0.15, 0.2) is 11.6 Å². The number of rotatable bonds is 2. The van der Waals surface area contributed by atoms with Crippen LogP contribution in [0.4, 0.5) is 11.5 Å². The molecule has 0 atom stereocenters. The fraction of sp³-hybridized carbons (Fsp3) is 0. The van der Waals surface area contributed by atoms with Crippen molar-refractivity contribution < 1.29 is 5.11 Å². The summed E-state index contributed by atoms with van der Waals surface area (Å²) in [5.74, 6) is 0.194. The van der Waals surface area contributed by atoms with E-state index in [9.17, 15) is 5.11 Å². The molecule has 0 bridgehead atoms. The summed E-state index contributed by atoms with van der Waals surface area (Å²) in [6, 6.07) is 2.89. The van der Waals surface area contributed by atoms with E-state index < -0.39 is 0 Å². The third kappa shape index (κ3) is 2.89. The molecule has 0 amide bonds. The molecule has 0 saturated heterocycles. The minimum absolute atomic E-state index is 0.116. The lowest BCUT2D eigenvalue weighted by Gasteiger charge is -2.00. The van der Waals surface area contributed by atoms with Crippen molar-refractivity contribution in [2.45, 2.75) is 0 Å². The number of benzene rings is 1. The minimum atomic E-state index is -0.174. The highest BCUT2D eigenvalue weighted by Gasteiger charge is 2.05. The zero-order chi connectivity index (χ0) is 12.3. The maximum absolute atomic E-state index is 9.36. The standard InChI is InChI=1S/C10H6Cl2N4O/c11-7-3-6(4-8(12)10(7)17)15-16-9-5-13-1-2-14-9/h1-5,17H. The third-order valence-electron chi connectivity index (χ3n) is 1.82. The summed E-state index contributed by atoms with van der Waals surface area (Å²) in [6.07, 6.45) is 4.51. The van der Waals surface area contributed by atoms with Crippen molar-refractivity contribution in [1.82, 2.24) is 9.97 Å². The van der Waals surface area contributed by atoms with Crippen LogP contribution < -0.4 is 0 Å². The molecule has 1 aromatic carbocycles. The smallest absolute Gasteiger partial charge is 0.192 e. The van der Waals surface area contributed by atoms with Crippen LogP contribution in [0.15, 0.2) is 41.0 Å². The fourth-order valence-corrected chi connectivity index (χ4v) is 1.54. The van der Waals surface area contributed by atoms with Gasteiger partial charge in [-0.05, 0) is 12.1 Å². The quantitative estimate of drug-likeness (QED) is 0.840. The summed E-state index contributed by atoms with van der Waals surface area (Å²) >= 11 is 11.5. The largest absolute Gasteiger partial charge is 0.505 e. The molecule has 2 aromatic rings. The summed E-state index contributed by atoms with van der Waals surface area (Å²) in [7, 11) is 0. The van der Waals surface area contributed by atoms with Crippen molar-refractivity contribution in [3.8, 4) is 5.75 Å². The van der Waals surface area contributed by atoms with Crippen molar-refractivity contribution in [1.29, 1.82) is 0 Å². The molecule has 0 radical (unpaired) electrons. The van der Waals surface area contributed by atoms with Crippen LogP contribution in [-0.2, 0) is 0 Å². The summed E-state index contributed by atoms with van der Waals surface area (Å²) in [5.41, 5.74) is 0.420. The summed E-state index contributed by atoms with van der Waals surface area (Å²) in [4.78, 5) is 7.76. The molecule has 2 rings (SSSR count). The molecule has 1 heterocycles. The maximum Gasteiger partial charge on any atom is 0.192 e. The first-order valence-corrected chi connectivity index (χ1v) is 5.28. The predicted octanol–water partition coefficient (Wildman–Crippen LogP) is 3.90. The number of phenols is 1. The molecule has 86 valence electrons. The Morgan fingerprint density at radius 2 is 1.76 bits per heavy atom. The highest BCUT2D eigenvalue weighted by molar-refractivity contribution is 6.37. The molecule has 0 saturated carbocycles. The van der Waals surface area contributed by atoms with E-state index in [2.05, 4.69) is 20.2 Å². The van der Waals surface area contributed by atoms with Crippen LogP contribution in [-0.4, -0.2) is 15.1 Å². The van der Waals surface area contributed by atoms with E-state index in [1.54, 1.807) is 0 Å². The van der Waals surface area contributed by atoms with Gasteiger partial charge in [0.05, 0.1) is 21.9 Å². The van der Waals surface area contributed by atoms with E-state index in [1.807, 2.05) is 0 Å². The van der Waals surface area contributed by atoms with E-state index in [0.717, 1.165) is 0 Å². The maximum atomic E-state index is 9.36. The van der Waals surface area contributed by atoms with Gasteiger partial charge in [-0.2, -0.15) is 0 Å². The predicted molar refractivity (Wildman–Crippen MR) is 64.3 cm³/mol. The number of hydrogen-bond donors (Lipinski definition) is 1. The number of aromatic hydroxyl groups is 1. The highest BCUT2D eigenvalue weighted by Crippen LogP contribution is 2.35. The number of azo groups is 1. The van der Waals surface area contributed by atoms with E-state index in [4.69, 9.17) is 23.2 Å². The molecule has 7 heteroatoms. The number of hydrogen-bond acceptors (Lipinski definition) is 5. The molecule has 17 heavy (non-hydrogen) atoms. The Hall–Kier alpha value is -1.72. The lowest BCUT2D eigenvalue weighted by atomic mass is 10.3. The zero-order valence-electron chi connectivity index (χ0n) is 8.38. The summed E-state index contributed by atoms with van der Waals surface area (Å²) < 4.78 is 0. The normalized spacial score (nSPS) is 10.9. The first kappa shape index (κ1) is 11.8. The Morgan fingerprint density at radius 1 is 1.06 bits per heavy atom. The van der Waals surface area contributed by atoms with Crippen LogP contribution in [0.3, 0.4) is 0 Å². The first-order valence-electron chi connectivity index (χ1n) is 4.52. The molecule has 0 aliphatic carbocycles. The van der Waals surface area contributed by atoms with Crippen LogP contribution >= 0.6 is 23.2 Å². The van der Waals surface area contributed by atoms with E-state index in [0.29, 0.717) is 11.5 Å². The number of halogens is 2. The Morgan fingerprint density at radius 3 is 2.35 bits per heavy atom. The van der Waals surface area contributed by atoms with Gasteiger partial charge in [-0.3, -0.25) is 4.98 Å². The van der Waals surface area contributed by atoms with E-state index in [1.165, 1.54) is 30.7 Å². The van der Waals surface area contributed by atoms with Crippen LogP contribution in [0.1, 0.15) is 0 Å². The molecule has 5 nitrogen and oxygen atoms in total. The molecular weight excluding hydrogens is 263 g/mol.